The van der Waals surface area contributed by atoms with Crippen molar-refractivity contribution in [3.63, 3.8) is 0 Å². The van der Waals surface area contributed by atoms with Gasteiger partial charge in [0.25, 0.3) is 0 Å². The highest BCUT2D eigenvalue weighted by Crippen LogP contribution is 2.66. The summed E-state index contributed by atoms with van der Waals surface area (Å²) < 4.78 is 13.5. The Bertz CT molecular complexity index is 843. The van der Waals surface area contributed by atoms with E-state index >= 15 is 0 Å². The molecule has 6 atom stereocenters. The SMILES string of the molecule is CC1(C)[C@@H]2C[C@H]3OB([C@H](Cc4ccccc4)C(CCC4CCNCC4)C(N)=O)O[C@@]3(C)[C@H]1C2. The van der Waals surface area contributed by atoms with E-state index in [9.17, 15) is 4.79 Å². The van der Waals surface area contributed by atoms with E-state index in [0.29, 0.717) is 23.2 Å². The van der Waals surface area contributed by atoms with Crippen molar-refractivity contribution in [2.24, 2.45) is 34.8 Å². The maximum absolute atomic E-state index is 12.8. The number of benzene rings is 1. The molecule has 2 saturated heterocycles. The Kier molecular flexibility index (Phi) is 6.39. The molecule has 3 N–H and O–H groups in total. The Morgan fingerprint density at radius 1 is 1.18 bits per heavy atom. The molecule has 6 heteroatoms. The van der Waals surface area contributed by atoms with Gasteiger partial charge < -0.3 is 20.4 Å². The third kappa shape index (κ3) is 4.28. The van der Waals surface area contributed by atoms with Crippen molar-refractivity contribution in [1.29, 1.82) is 0 Å². The maximum Gasteiger partial charge on any atom is 0.462 e. The summed E-state index contributed by atoms with van der Waals surface area (Å²) in [5.41, 5.74) is 7.32. The molecule has 0 radical (unpaired) electrons. The number of carbonyl (C=O) groups excluding carboxylic acids is 1. The fraction of sp³-hybridized carbons (Fsp3) is 0.741. The van der Waals surface area contributed by atoms with Crippen LogP contribution in [0.25, 0.3) is 0 Å². The fourth-order valence-electron chi connectivity index (χ4n) is 7.55. The monoisotopic (exact) mass is 452 g/mol. The van der Waals surface area contributed by atoms with Gasteiger partial charge in [0.1, 0.15) is 0 Å². The number of rotatable bonds is 8. The summed E-state index contributed by atoms with van der Waals surface area (Å²) in [5.74, 6) is 1.39. The van der Waals surface area contributed by atoms with E-state index in [1.54, 1.807) is 0 Å². The minimum absolute atomic E-state index is 0.0608. The van der Waals surface area contributed by atoms with Crippen molar-refractivity contribution < 1.29 is 14.1 Å². The van der Waals surface area contributed by atoms with Crippen molar-refractivity contribution in [2.75, 3.05) is 13.1 Å². The van der Waals surface area contributed by atoms with E-state index in [0.717, 1.165) is 38.8 Å². The van der Waals surface area contributed by atoms with Crippen LogP contribution in [-0.2, 0) is 20.5 Å². The standard InChI is InChI=1S/C27H41BN2O3/c1-26(2)20-16-23(26)27(3)24(17-20)32-28(33-27)22(15-19-7-5-4-6-8-19)21(25(29)31)10-9-18-11-13-30-14-12-18/h4-8,18,20-24,30H,9-17H2,1-3H3,(H2,29,31)/t20-,21?,22+,23-,24+,27-/m0/s1. The van der Waals surface area contributed by atoms with Crippen LogP contribution in [0.2, 0.25) is 5.82 Å². The highest BCUT2D eigenvalue weighted by Gasteiger charge is 2.68. The summed E-state index contributed by atoms with van der Waals surface area (Å²) in [4.78, 5) is 12.8. The zero-order chi connectivity index (χ0) is 23.2. The van der Waals surface area contributed by atoms with Crippen LogP contribution in [0.15, 0.2) is 30.3 Å². The van der Waals surface area contributed by atoms with E-state index in [1.165, 1.54) is 24.8 Å². The minimum atomic E-state index is -0.374. The molecule has 5 fully saturated rings. The van der Waals surface area contributed by atoms with E-state index < -0.39 is 0 Å². The smallest absolute Gasteiger partial charge is 0.405 e. The number of nitrogens with two attached hydrogens (primary N) is 1. The van der Waals surface area contributed by atoms with Crippen LogP contribution in [0.3, 0.4) is 0 Å². The first-order chi connectivity index (χ1) is 15.8. The summed E-state index contributed by atoms with van der Waals surface area (Å²) in [6, 6.07) is 10.4. The number of hydrogen-bond acceptors (Lipinski definition) is 4. The lowest BCUT2D eigenvalue weighted by Crippen LogP contribution is -2.65. The first kappa shape index (κ1) is 23.4. The quantitative estimate of drug-likeness (QED) is 0.580. The molecule has 1 unspecified atom stereocenters. The van der Waals surface area contributed by atoms with Gasteiger partial charge in [-0.3, -0.25) is 4.79 Å². The first-order valence-electron chi connectivity index (χ1n) is 13.2. The summed E-state index contributed by atoms with van der Waals surface area (Å²) in [6.45, 7) is 9.18. The van der Waals surface area contributed by atoms with Crippen molar-refractivity contribution >= 4 is 13.0 Å². The summed E-state index contributed by atoms with van der Waals surface area (Å²) in [6.07, 6.45) is 7.40. The molecule has 1 amide bonds. The number of carbonyl (C=O) groups is 1. The lowest BCUT2D eigenvalue weighted by atomic mass is 9.43. The van der Waals surface area contributed by atoms with Crippen LogP contribution in [0.5, 0.6) is 0 Å². The molecule has 2 aliphatic heterocycles. The zero-order valence-electron chi connectivity index (χ0n) is 20.6. The predicted molar refractivity (Wildman–Crippen MR) is 132 cm³/mol. The number of primary amides is 1. The molecule has 0 aromatic heterocycles. The van der Waals surface area contributed by atoms with Crippen LogP contribution in [0.4, 0.5) is 0 Å². The van der Waals surface area contributed by atoms with Gasteiger partial charge in [-0.25, -0.2) is 0 Å². The maximum atomic E-state index is 12.8. The summed E-state index contributed by atoms with van der Waals surface area (Å²) in [5, 5.41) is 3.44. The second-order valence-corrected chi connectivity index (χ2v) is 12.0. The van der Waals surface area contributed by atoms with E-state index in [1.807, 2.05) is 6.07 Å². The molecule has 33 heavy (non-hydrogen) atoms. The molecular formula is C27H41BN2O3. The van der Waals surface area contributed by atoms with Crippen molar-refractivity contribution in [3.05, 3.63) is 35.9 Å². The van der Waals surface area contributed by atoms with Crippen LogP contribution >= 0.6 is 0 Å². The fourth-order valence-corrected chi connectivity index (χ4v) is 7.55. The molecular weight excluding hydrogens is 411 g/mol. The van der Waals surface area contributed by atoms with Gasteiger partial charge in [-0.05, 0) is 93.7 Å². The van der Waals surface area contributed by atoms with Gasteiger partial charge in [0, 0.05) is 11.7 Å². The summed E-state index contributed by atoms with van der Waals surface area (Å²) in [7, 11) is -0.374. The number of piperidine rings is 1. The van der Waals surface area contributed by atoms with Gasteiger partial charge in [0.2, 0.25) is 5.91 Å². The van der Waals surface area contributed by atoms with Crippen molar-refractivity contribution in [2.45, 2.75) is 83.2 Å². The molecule has 1 aromatic rings. The third-order valence-corrected chi connectivity index (χ3v) is 9.86. The predicted octanol–water partition coefficient (Wildman–Crippen LogP) is 4.21. The highest BCUT2D eigenvalue weighted by molar-refractivity contribution is 6.48. The molecule has 5 aliphatic rings. The molecule has 180 valence electrons. The number of hydrogen-bond donors (Lipinski definition) is 2. The van der Waals surface area contributed by atoms with Crippen LogP contribution in [0.1, 0.15) is 64.9 Å². The number of amides is 1. The van der Waals surface area contributed by atoms with Gasteiger partial charge in [-0.1, -0.05) is 44.2 Å². The lowest BCUT2D eigenvalue weighted by molar-refractivity contribution is -0.199. The molecule has 0 spiro atoms. The van der Waals surface area contributed by atoms with Gasteiger partial charge in [-0.2, -0.15) is 0 Å². The Labute approximate surface area is 199 Å². The van der Waals surface area contributed by atoms with E-state index in [2.05, 4.69) is 50.4 Å². The first-order valence-corrected chi connectivity index (χ1v) is 13.2. The Morgan fingerprint density at radius 2 is 1.91 bits per heavy atom. The van der Waals surface area contributed by atoms with Gasteiger partial charge >= 0.3 is 7.12 Å². The molecule has 3 saturated carbocycles. The van der Waals surface area contributed by atoms with E-state index in [-0.39, 0.29) is 36.5 Å². The second-order valence-electron chi connectivity index (χ2n) is 12.0. The van der Waals surface area contributed by atoms with Crippen LogP contribution < -0.4 is 11.1 Å². The molecule has 6 rings (SSSR count). The second kappa shape index (κ2) is 9.01. The average molecular weight is 452 g/mol. The Balaban J connectivity index is 1.37. The summed E-state index contributed by atoms with van der Waals surface area (Å²) >= 11 is 0. The minimum Gasteiger partial charge on any atom is -0.405 e. The average Bonchev–Trinajstić information content (AvgIpc) is 3.16. The van der Waals surface area contributed by atoms with Crippen LogP contribution in [-0.4, -0.2) is 37.8 Å². The van der Waals surface area contributed by atoms with Gasteiger partial charge in [0.05, 0.1) is 11.7 Å². The Hall–Kier alpha value is -1.37. The molecule has 2 bridgehead atoms. The van der Waals surface area contributed by atoms with Gasteiger partial charge in [0.15, 0.2) is 0 Å². The van der Waals surface area contributed by atoms with Gasteiger partial charge in [-0.15, -0.1) is 0 Å². The largest absolute Gasteiger partial charge is 0.462 e. The zero-order valence-corrected chi connectivity index (χ0v) is 20.6. The third-order valence-electron chi connectivity index (χ3n) is 9.86. The van der Waals surface area contributed by atoms with E-state index in [4.69, 9.17) is 15.0 Å². The molecule has 2 heterocycles. The normalized spacial score (nSPS) is 34.9. The highest BCUT2D eigenvalue weighted by atomic mass is 16.7. The molecule has 3 aliphatic carbocycles. The van der Waals surface area contributed by atoms with Crippen molar-refractivity contribution in [1.82, 2.24) is 5.32 Å². The molecule has 5 nitrogen and oxygen atoms in total. The number of nitrogens with one attached hydrogen (secondary N) is 1. The Morgan fingerprint density at radius 3 is 2.58 bits per heavy atom. The van der Waals surface area contributed by atoms with Crippen molar-refractivity contribution in [3.8, 4) is 0 Å². The lowest BCUT2D eigenvalue weighted by Gasteiger charge is -2.64. The van der Waals surface area contributed by atoms with Crippen LogP contribution in [0, 0.1) is 29.1 Å². The topological polar surface area (TPSA) is 73.6 Å². The molecule has 1 aromatic carbocycles.